The molecular formula is C29H30ClN3O6S. The van der Waals surface area contributed by atoms with E-state index < -0.39 is 18.2 Å². The summed E-state index contributed by atoms with van der Waals surface area (Å²) in [5.74, 6) is 0.651. The van der Waals surface area contributed by atoms with Crippen molar-refractivity contribution in [2.24, 2.45) is 5.92 Å². The molecule has 0 aliphatic carbocycles. The van der Waals surface area contributed by atoms with Crippen LogP contribution in [-0.4, -0.2) is 57.9 Å². The predicted molar refractivity (Wildman–Crippen MR) is 153 cm³/mol. The number of imidazole rings is 1. The molecule has 210 valence electrons. The Morgan fingerprint density at radius 2 is 1.95 bits per heavy atom. The number of carboxylic acid groups (broad SMARTS) is 1. The molecule has 3 atom stereocenters. The molecule has 9 nitrogen and oxygen atoms in total. The van der Waals surface area contributed by atoms with Crippen LogP contribution in [0.25, 0.3) is 16.0 Å². The maximum Gasteiger partial charge on any atom is 0.407 e. The van der Waals surface area contributed by atoms with E-state index in [1.807, 2.05) is 54.8 Å². The monoisotopic (exact) mass is 583 g/mol. The van der Waals surface area contributed by atoms with Crippen LogP contribution in [0.2, 0.25) is 5.02 Å². The standard InChI is InChI=1S/C29H30ClN3O6S/c1-17(19-7-6-12-32(15-19)29(35)36)38-20-10-11-23-24(13-20)33(16-31-23)26-14-25(27(40-26)28(34)37-3)39-18(2)21-8-4-5-9-22(21)30/h4-5,8-11,13-14,16-19H,6-7,12,15H2,1-3H3,(H,35,36)/t17-,18-,19-/m1/s1. The Labute approximate surface area is 240 Å². The summed E-state index contributed by atoms with van der Waals surface area (Å²) >= 11 is 7.61. The number of piperidine rings is 1. The van der Waals surface area contributed by atoms with E-state index >= 15 is 0 Å². The van der Waals surface area contributed by atoms with E-state index in [1.54, 1.807) is 18.5 Å². The number of nitrogens with zero attached hydrogens (tertiary/aromatic N) is 3. The minimum Gasteiger partial charge on any atom is -0.490 e. The molecule has 11 heteroatoms. The van der Waals surface area contributed by atoms with Gasteiger partial charge in [0.05, 0.1) is 18.1 Å². The third kappa shape index (κ3) is 5.73. The molecule has 0 unspecified atom stereocenters. The molecule has 2 aromatic carbocycles. The Morgan fingerprint density at radius 3 is 2.70 bits per heavy atom. The zero-order valence-corrected chi connectivity index (χ0v) is 23.9. The molecule has 1 amide bonds. The van der Waals surface area contributed by atoms with Gasteiger partial charge < -0.3 is 24.2 Å². The first-order valence-electron chi connectivity index (χ1n) is 13.0. The van der Waals surface area contributed by atoms with Crippen molar-refractivity contribution in [2.45, 2.75) is 38.9 Å². The number of methoxy groups -OCH3 is 1. The molecule has 3 heterocycles. The van der Waals surface area contributed by atoms with Crippen molar-refractivity contribution in [2.75, 3.05) is 20.2 Å². The largest absolute Gasteiger partial charge is 0.490 e. The van der Waals surface area contributed by atoms with Crippen LogP contribution < -0.4 is 9.47 Å². The number of rotatable bonds is 8. The van der Waals surface area contributed by atoms with Gasteiger partial charge in [0.25, 0.3) is 0 Å². The number of thiophene rings is 1. The van der Waals surface area contributed by atoms with Gasteiger partial charge in [-0.05, 0) is 44.9 Å². The molecule has 0 bridgehead atoms. The maximum absolute atomic E-state index is 12.7. The fraction of sp³-hybridized carbons (Fsp3) is 0.345. The Balaban J connectivity index is 1.42. The van der Waals surface area contributed by atoms with Gasteiger partial charge in [-0.2, -0.15) is 0 Å². The van der Waals surface area contributed by atoms with Gasteiger partial charge >= 0.3 is 12.1 Å². The zero-order chi connectivity index (χ0) is 28.4. The van der Waals surface area contributed by atoms with Crippen molar-refractivity contribution < 1.29 is 28.9 Å². The predicted octanol–water partition coefficient (Wildman–Crippen LogP) is 6.82. The molecular weight excluding hydrogens is 554 g/mol. The molecule has 4 aromatic rings. The highest BCUT2D eigenvalue weighted by Gasteiger charge is 2.28. The second-order valence-corrected chi connectivity index (χ2v) is 11.2. The number of fused-ring (bicyclic) bond motifs is 1. The first kappa shape index (κ1) is 27.8. The number of benzene rings is 2. The third-order valence-corrected chi connectivity index (χ3v) is 8.61. The average Bonchev–Trinajstić information content (AvgIpc) is 3.56. The molecule has 2 aromatic heterocycles. The molecule has 0 spiro atoms. The quantitative estimate of drug-likeness (QED) is 0.227. The maximum atomic E-state index is 12.7. The lowest BCUT2D eigenvalue weighted by Crippen LogP contribution is -2.43. The number of hydrogen-bond acceptors (Lipinski definition) is 7. The van der Waals surface area contributed by atoms with E-state index in [4.69, 9.17) is 25.8 Å². The highest BCUT2D eigenvalue weighted by atomic mass is 35.5. The van der Waals surface area contributed by atoms with Gasteiger partial charge in [-0.3, -0.25) is 4.57 Å². The lowest BCUT2D eigenvalue weighted by molar-refractivity contribution is 0.0599. The lowest BCUT2D eigenvalue weighted by Gasteiger charge is -2.34. The number of aromatic nitrogens is 2. The first-order valence-corrected chi connectivity index (χ1v) is 14.2. The molecule has 5 rings (SSSR count). The van der Waals surface area contributed by atoms with E-state index in [9.17, 15) is 14.7 Å². The second kappa shape index (κ2) is 11.8. The summed E-state index contributed by atoms with van der Waals surface area (Å²) in [4.78, 5) is 30.4. The lowest BCUT2D eigenvalue weighted by atomic mass is 9.93. The van der Waals surface area contributed by atoms with Crippen molar-refractivity contribution in [3.05, 3.63) is 70.3 Å². The zero-order valence-electron chi connectivity index (χ0n) is 22.4. The first-order chi connectivity index (χ1) is 19.2. The van der Waals surface area contributed by atoms with Gasteiger partial charge in [0.2, 0.25) is 0 Å². The Hall–Kier alpha value is -3.76. The topological polar surface area (TPSA) is 103 Å². The van der Waals surface area contributed by atoms with Crippen LogP contribution in [0.15, 0.2) is 54.9 Å². The normalized spacial score (nSPS) is 16.9. The van der Waals surface area contributed by atoms with Crippen LogP contribution in [0.3, 0.4) is 0 Å². The fourth-order valence-electron chi connectivity index (χ4n) is 4.98. The minimum absolute atomic E-state index is 0.102. The van der Waals surface area contributed by atoms with Crippen LogP contribution in [0, 0.1) is 5.92 Å². The minimum atomic E-state index is -0.894. The van der Waals surface area contributed by atoms with E-state index in [0.717, 1.165) is 34.4 Å². The Kier molecular flexibility index (Phi) is 8.18. The Bertz CT molecular complexity index is 1540. The number of likely N-dealkylation sites (tertiary alicyclic amines) is 1. The van der Waals surface area contributed by atoms with Gasteiger partial charge in [-0.15, -0.1) is 11.3 Å². The van der Waals surface area contributed by atoms with Crippen molar-refractivity contribution >= 4 is 46.0 Å². The number of carbonyl (C=O) groups is 2. The summed E-state index contributed by atoms with van der Waals surface area (Å²) in [5.41, 5.74) is 2.36. The van der Waals surface area contributed by atoms with Crippen molar-refractivity contribution in [3.8, 4) is 16.5 Å². The summed E-state index contributed by atoms with van der Waals surface area (Å²) in [7, 11) is 1.34. The van der Waals surface area contributed by atoms with Crippen molar-refractivity contribution in [1.29, 1.82) is 0 Å². The Morgan fingerprint density at radius 1 is 1.15 bits per heavy atom. The molecule has 0 saturated carbocycles. The molecule has 40 heavy (non-hydrogen) atoms. The fourth-order valence-corrected chi connectivity index (χ4v) is 6.26. The van der Waals surface area contributed by atoms with E-state index in [0.29, 0.717) is 34.5 Å². The van der Waals surface area contributed by atoms with Crippen LogP contribution in [0.4, 0.5) is 4.79 Å². The molecule has 0 radical (unpaired) electrons. The summed E-state index contributed by atoms with van der Waals surface area (Å²) in [6.45, 7) is 4.86. The number of hydrogen-bond donors (Lipinski definition) is 1. The van der Waals surface area contributed by atoms with Crippen LogP contribution in [0.5, 0.6) is 11.5 Å². The van der Waals surface area contributed by atoms with E-state index in [-0.39, 0.29) is 12.0 Å². The number of halogens is 1. The van der Waals surface area contributed by atoms with Crippen LogP contribution in [-0.2, 0) is 4.74 Å². The highest BCUT2D eigenvalue weighted by Crippen LogP contribution is 2.38. The van der Waals surface area contributed by atoms with Crippen LogP contribution in [0.1, 0.15) is 48.0 Å². The van der Waals surface area contributed by atoms with E-state index in [2.05, 4.69) is 4.98 Å². The van der Waals surface area contributed by atoms with Crippen molar-refractivity contribution in [1.82, 2.24) is 14.5 Å². The van der Waals surface area contributed by atoms with Gasteiger partial charge in [-0.1, -0.05) is 29.8 Å². The third-order valence-electron chi connectivity index (χ3n) is 7.17. The number of carbonyl (C=O) groups excluding carboxylic acids is 1. The van der Waals surface area contributed by atoms with Crippen LogP contribution >= 0.6 is 22.9 Å². The second-order valence-electron chi connectivity index (χ2n) is 9.77. The van der Waals surface area contributed by atoms with Gasteiger partial charge in [-0.25, -0.2) is 14.6 Å². The summed E-state index contributed by atoms with van der Waals surface area (Å²) in [6, 6.07) is 14.9. The van der Waals surface area contributed by atoms with Crippen molar-refractivity contribution in [3.63, 3.8) is 0 Å². The summed E-state index contributed by atoms with van der Waals surface area (Å²) < 4.78 is 19.4. The highest BCUT2D eigenvalue weighted by molar-refractivity contribution is 7.16. The summed E-state index contributed by atoms with van der Waals surface area (Å²) in [6.07, 6.45) is 1.95. The molecule has 1 aliphatic heterocycles. The smallest absolute Gasteiger partial charge is 0.407 e. The molecule has 1 saturated heterocycles. The number of amides is 1. The SMILES string of the molecule is COC(=O)c1sc(-n2cnc3ccc(O[C@H](C)[C@@H]4CCCN(C(=O)O)C4)cc32)cc1O[C@H](C)c1ccccc1Cl. The van der Waals surface area contributed by atoms with Gasteiger partial charge in [0, 0.05) is 41.7 Å². The number of ether oxygens (including phenoxy) is 3. The molecule has 1 fully saturated rings. The average molecular weight is 584 g/mol. The summed E-state index contributed by atoms with van der Waals surface area (Å²) in [5, 5.41) is 10.7. The van der Waals surface area contributed by atoms with E-state index in [1.165, 1.54) is 23.3 Å². The number of esters is 1. The molecule has 1 N–H and O–H groups in total. The van der Waals surface area contributed by atoms with Gasteiger partial charge in [0.15, 0.2) is 4.88 Å². The molecule has 1 aliphatic rings. The van der Waals surface area contributed by atoms with Gasteiger partial charge in [0.1, 0.15) is 35.0 Å².